The minimum absolute atomic E-state index is 0.232. The number of pyridine rings is 1. The molecule has 1 amide bonds. The van der Waals surface area contributed by atoms with Crippen molar-refractivity contribution in [2.45, 2.75) is 0 Å². The zero-order chi connectivity index (χ0) is 19.2. The third kappa shape index (κ3) is 4.08. The molecule has 0 atom stereocenters. The van der Waals surface area contributed by atoms with Crippen molar-refractivity contribution in [3.05, 3.63) is 96.1 Å². The lowest BCUT2D eigenvalue weighted by atomic mass is 10.1. The van der Waals surface area contributed by atoms with E-state index in [2.05, 4.69) is 37.7 Å². The van der Waals surface area contributed by atoms with Crippen LogP contribution < -0.4 is 5.32 Å². The highest BCUT2D eigenvalue weighted by atomic mass is 16.1. The van der Waals surface area contributed by atoms with Gasteiger partial charge in [-0.2, -0.15) is 0 Å². The molecule has 4 aromatic rings. The molecular weight excluding hydrogens is 352 g/mol. The summed E-state index contributed by atoms with van der Waals surface area (Å²) in [6, 6.07) is 20.0. The number of aromatic nitrogens is 5. The van der Waals surface area contributed by atoms with Crippen LogP contribution in [-0.2, 0) is 0 Å². The summed E-state index contributed by atoms with van der Waals surface area (Å²) in [5.74, 6) is 5.82. The van der Waals surface area contributed by atoms with Crippen molar-refractivity contribution < 1.29 is 4.79 Å². The van der Waals surface area contributed by atoms with E-state index in [1.807, 2.05) is 48.5 Å². The van der Waals surface area contributed by atoms with Crippen LogP contribution in [0.5, 0.6) is 0 Å². The zero-order valence-corrected chi connectivity index (χ0v) is 14.6. The molecule has 0 radical (unpaired) electrons. The molecule has 0 saturated heterocycles. The second-order valence-electron chi connectivity index (χ2n) is 5.80. The molecule has 28 heavy (non-hydrogen) atoms. The Labute approximate surface area is 161 Å². The third-order valence-electron chi connectivity index (χ3n) is 3.84. The maximum Gasteiger partial charge on any atom is 0.255 e. The highest BCUT2D eigenvalue weighted by molar-refractivity contribution is 6.04. The van der Waals surface area contributed by atoms with Crippen molar-refractivity contribution in [1.82, 2.24) is 25.2 Å². The van der Waals surface area contributed by atoms with E-state index in [0.717, 1.165) is 5.56 Å². The standard InChI is InChI=1S/C21H14N6O/c28-21(17-6-4-9-20(14-17)27-15-23-25-26-27)24-19-8-3-5-16(13-19)10-11-18-7-1-2-12-22-18/h1-9,12-15H,(H,24,28). The quantitative estimate of drug-likeness (QED) is 0.564. The van der Waals surface area contributed by atoms with Gasteiger partial charge in [-0.3, -0.25) is 4.79 Å². The molecule has 0 spiro atoms. The topological polar surface area (TPSA) is 85.6 Å². The van der Waals surface area contributed by atoms with Crippen LogP contribution in [0.25, 0.3) is 5.69 Å². The largest absolute Gasteiger partial charge is 0.322 e. The predicted molar refractivity (Wildman–Crippen MR) is 104 cm³/mol. The van der Waals surface area contributed by atoms with E-state index in [1.54, 1.807) is 24.4 Å². The minimum atomic E-state index is -0.232. The van der Waals surface area contributed by atoms with Crippen LogP contribution in [0, 0.1) is 11.8 Å². The predicted octanol–water partition coefficient (Wildman–Crippen LogP) is 2.71. The Morgan fingerprint density at radius 1 is 0.964 bits per heavy atom. The number of nitrogens with one attached hydrogen (secondary N) is 1. The van der Waals surface area contributed by atoms with Gasteiger partial charge in [0.2, 0.25) is 0 Å². The van der Waals surface area contributed by atoms with Gasteiger partial charge in [0.1, 0.15) is 12.0 Å². The number of hydrogen-bond donors (Lipinski definition) is 1. The van der Waals surface area contributed by atoms with Gasteiger partial charge in [-0.25, -0.2) is 9.67 Å². The first-order chi connectivity index (χ1) is 13.8. The molecule has 0 bridgehead atoms. The van der Waals surface area contributed by atoms with Crippen molar-refractivity contribution in [3.8, 4) is 17.5 Å². The summed E-state index contributed by atoms with van der Waals surface area (Å²) in [4.78, 5) is 16.8. The summed E-state index contributed by atoms with van der Waals surface area (Å²) in [6.45, 7) is 0. The van der Waals surface area contributed by atoms with E-state index < -0.39 is 0 Å². The average molecular weight is 366 g/mol. The lowest BCUT2D eigenvalue weighted by molar-refractivity contribution is 0.102. The van der Waals surface area contributed by atoms with Gasteiger partial charge in [0.05, 0.1) is 5.69 Å². The van der Waals surface area contributed by atoms with Crippen LogP contribution in [0.2, 0.25) is 0 Å². The molecule has 1 N–H and O–H groups in total. The van der Waals surface area contributed by atoms with Gasteiger partial charge in [0.25, 0.3) is 5.91 Å². The number of rotatable bonds is 3. The SMILES string of the molecule is O=C(Nc1cccc(C#Cc2ccccn2)c1)c1cccc(-n2cnnn2)c1. The number of hydrogen-bond acceptors (Lipinski definition) is 5. The van der Waals surface area contributed by atoms with E-state index in [9.17, 15) is 4.79 Å². The average Bonchev–Trinajstić information content (AvgIpc) is 3.28. The molecule has 0 aliphatic rings. The van der Waals surface area contributed by atoms with Crippen LogP contribution in [0.15, 0.2) is 79.3 Å². The first-order valence-corrected chi connectivity index (χ1v) is 8.46. The fourth-order valence-electron chi connectivity index (χ4n) is 2.52. The molecule has 134 valence electrons. The van der Waals surface area contributed by atoms with Gasteiger partial charge < -0.3 is 5.32 Å². The molecule has 0 saturated carbocycles. The molecule has 0 fully saturated rings. The van der Waals surface area contributed by atoms with Crippen LogP contribution in [-0.4, -0.2) is 31.1 Å². The monoisotopic (exact) mass is 366 g/mol. The number of benzene rings is 2. The summed E-state index contributed by atoms with van der Waals surface area (Å²) in [5.41, 5.74) is 3.33. The summed E-state index contributed by atoms with van der Waals surface area (Å²) in [5, 5.41) is 13.9. The maximum absolute atomic E-state index is 12.6. The van der Waals surface area contributed by atoms with E-state index in [4.69, 9.17) is 0 Å². The molecule has 0 aliphatic heterocycles. The Balaban J connectivity index is 1.51. The second-order valence-corrected chi connectivity index (χ2v) is 5.80. The Kier molecular flexibility index (Phi) is 4.85. The maximum atomic E-state index is 12.6. The van der Waals surface area contributed by atoms with Crippen LogP contribution in [0.3, 0.4) is 0 Å². The van der Waals surface area contributed by atoms with E-state index >= 15 is 0 Å². The van der Waals surface area contributed by atoms with Crippen LogP contribution in [0.4, 0.5) is 5.69 Å². The smallest absolute Gasteiger partial charge is 0.255 e. The van der Waals surface area contributed by atoms with E-state index in [0.29, 0.717) is 22.6 Å². The number of carbonyl (C=O) groups excluding carboxylic acids is 1. The van der Waals surface area contributed by atoms with Gasteiger partial charge in [-0.1, -0.05) is 24.1 Å². The van der Waals surface area contributed by atoms with Crippen molar-refractivity contribution in [1.29, 1.82) is 0 Å². The highest BCUT2D eigenvalue weighted by Crippen LogP contribution is 2.14. The van der Waals surface area contributed by atoms with Gasteiger partial charge >= 0.3 is 0 Å². The molecule has 0 unspecified atom stereocenters. The van der Waals surface area contributed by atoms with Crippen LogP contribution >= 0.6 is 0 Å². The number of carbonyl (C=O) groups is 1. The number of amides is 1. The lowest BCUT2D eigenvalue weighted by Gasteiger charge is -2.07. The molecular formula is C21H14N6O. The Morgan fingerprint density at radius 3 is 2.71 bits per heavy atom. The molecule has 2 heterocycles. The van der Waals surface area contributed by atoms with E-state index in [-0.39, 0.29) is 5.91 Å². The zero-order valence-electron chi connectivity index (χ0n) is 14.6. The van der Waals surface area contributed by atoms with Gasteiger partial charge in [-0.15, -0.1) is 5.10 Å². The molecule has 2 aromatic heterocycles. The fourth-order valence-corrected chi connectivity index (χ4v) is 2.52. The number of anilines is 1. The summed E-state index contributed by atoms with van der Waals surface area (Å²) in [7, 11) is 0. The summed E-state index contributed by atoms with van der Waals surface area (Å²) >= 11 is 0. The second kappa shape index (κ2) is 7.93. The number of tetrazole rings is 1. The normalized spacial score (nSPS) is 10.0. The molecule has 7 heteroatoms. The molecule has 7 nitrogen and oxygen atoms in total. The Morgan fingerprint density at radius 2 is 1.89 bits per heavy atom. The lowest BCUT2D eigenvalue weighted by Crippen LogP contribution is -2.12. The minimum Gasteiger partial charge on any atom is -0.322 e. The van der Waals surface area contributed by atoms with Crippen molar-refractivity contribution in [2.75, 3.05) is 5.32 Å². The van der Waals surface area contributed by atoms with Crippen molar-refractivity contribution >= 4 is 11.6 Å². The molecule has 4 rings (SSSR count). The summed E-state index contributed by atoms with van der Waals surface area (Å²) in [6.07, 6.45) is 3.17. The highest BCUT2D eigenvalue weighted by Gasteiger charge is 2.08. The number of nitrogens with zero attached hydrogens (tertiary/aromatic N) is 5. The Bertz CT molecular complexity index is 1160. The summed E-state index contributed by atoms with van der Waals surface area (Å²) < 4.78 is 1.49. The third-order valence-corrected chi connectivity index (χ3v) is 3.84. The molecule has 2 aromatic carbocycles. The van der Waals surface area contributed by atoms with Gasteiger partial charge in [0.15, 0.2) is 0 Å². The molecule has 0 aliphatic carbocycles. The first kappa shape index (κ1) is 17.1. The first-order valence-electron chi connectivity index (χ1n) is 8.46. The van der Waals surface area contributed by atoms with Crippen molar-refractivity contribution in [3.63, 3.8) is 0 Å². The van der Waals surface area contributed by atoms with Gasteiger partial charge in [0, 0.05) is 23.0 Å². The van der Waals surface area contributed by atoms with E-state index in [1.165, 1.54) is 11.0 Å². The Hall–Kier alpha value is -4.31. The van der Waals surface area contributed by atoms with Crippen LogP contribution in [0.1, 0.15) is 21.6 Å². The van der Waals surface area contributed by atoms with Gasteiger partial charge in [-0.05, 0) is 64.9 Å². The van der Waals surface area contributed by atoms with Crippen molar-refractivity contribution in [2.24, 2.45) is 0 Å². The fraction of sp³-hybridized carbons (Fsp3) is 0.